The Hall–Kier alpha value is -2.52. The van der Waals surface area contributed by atoms with Gasteiger partial charge in [0.25, 0.3) is 0 Å². The second kappa shape index (κ2) is 8.92. The minimum Gasteiger partial charge on any atom is -0.497 e. The van der Waals surface area contributed by atoms with Crippen molar-refractivity contribution < 1.29 is 14.3 Å². The summed E-state index contributed by atoms with van der Waals surface area (Å²) in [5.74, 6) is 1.81. The predicted octanol–water partition coefficient (Wildman–Crippen LogP) is 3.59. The molecule has 7 nitrogen and oxygen atoms in total. The minimum atomic E-state index is -0.383. The van der Waals surface area contributed by atoms with Crippen LogP contribution in [0.4, 0.5) is 5.69 Å². The highest BCUT2D eigenvalue weighted by Gasteiger charge is 2.19. The summed E-state index contributed by atoms with van der Waals surface area (Å²) in [4.78, 5) is 18.2. The largest absolute Gasteiger partial charge is 0.497 e. The summed E-state index contributed by atoms with van der Waals surface area (Å²) in [6, 6.07) is 9.30. The van der Waals surface area contributed by atoms with Gasteiger partial charge >= 0.3 is 0 Å². The van der Waals surface area contributed by atoms with Crippen molar-refractivity contribution in [1.82, 2.24) is 15.2 Å². The molecule has 0 bridgehead atoms. The number of aromatic amines is 1. The number of H-pyrrole nitrogens is 1. The third kappa shape index (κ3) is 5.01. The van der Waals surface area contributed by atoms with E-state index in [-0.39, 0.29) is 11.2 Å². The molecule has 0 spiro atoms. The number of rotatable bonds is 8. The van der Waals surface area contributed by atoms with E-state index in [0.717, 1.165) is 5.82 Å². The van der Waals surface area contributed by atoms with Crippen LogP contribution in [-0.2, 0) is 11.2 Å². The van der Waals surface area contributed by atoms with Crippen molar-refractivity contribution in [2.24, 2.45) is 0 Å². The first-order valence-corrected chi connectivity index (χ1v) is 9.98. The monoisotopic (exact) mass is 404 g/mol. The quantitative estimate of drug-likeness (QED) is 0.558. The van der Waals surface area contributed by atoms with Gasteiger partial charge in [0, 0.05) is 17.4 Å². The Balaban J connectivity index is 1.62. The van der Waals surface area contributed by atoms with E-state index in [1.54, 1.807) is 43.8 Å². The lowest BCUT2D eigenvalue weighted by atomic mass is 10.2. The van der Waals surface area contributed by atoms with Gasteiger partial charge in [0.2, 0.25) is 11.1 Å². The van der Waals surface area contributed by atoms with Gasteiger partial charge in [-0.3, -0.25) is 9.89 Å². The van der Waals surface area contributed by atoms with Crippen molar-refractivity contribution in [2.75, 3.05) is 19.5 Å². The topological polar surface area (TPSA) is 89.1 Å². The zero-order chi connectivity index (χ0) is 19.2. The second-order valence-electron chi connectivity index (χ2n) is 5.64. The summed E-state index contributed by atoms with van der Waals surface area (Å²) in [6.07, 6.45) is 0.701. The number of carbonyl (C=O) groups excluding carboxylic acids is 1. The molecule has 0 aliphatic heterocycles. The Morgan fingerprint density at radius 1 is 1.33 bits per heavy atom. The highest BCUT2D eigenvalue weighted by atomic mass is 32.2. The van der Waals surface area contributed by atoms with Crippen molar-refractivity contribution >= 4 is 34.7 Å². The zero-order valence-electron chi connectivity index (χ0n) is 15.2. The highest BCUT2D eigenvalue weighted by molar-refractivity contribution is 8.00. The molecule has 0 aliphatic carbocycles. The van der Waals surface area contributed by atoms with Crippen molar-refractivity contribution in [2.45, 2.75) is 23.8 Å². The van der Waals surface area contributed by atoms with E-state index in [0.29, 0.717) is 28.8 Å². The molecule has 1 amide bonds. The molecule has 2 heterocycles. The molecule has 0 saturated carbocycles. The average molecular weight is 405 g/mol. The Morgan fingerprint density at radius 2 is 2.19 bits per heavy atom. The van der Waals surface area contributed by atoms with E-state index in [1.165, 1.54) is 16.6 Å². The third-order valence-electron chi connectivity index (χ3n) is 3.75. The summed E-state index contributed by atoms with van der Waals surface area (Å²) >= 11 is 2.97. The molecule has 0 radical (unpaired) electrons. The molecule has 3 aromatic rings. The van der Waals surface area contributed by atoms with Crippen LogP contribution in [0.1, 0.15) is 17.6 Å². The van der Waals surface area contributed by atoms with Gasteiger partial charge in [0.15, 0.2) is 0 Å². The van der Waals surface area contributed by atoms with E-state index in [1.807, 2.05) is 18.4 Å². The molecule has 2 N–H and O–H groups in total. The van der Waals surface area contributed by atoms with E-state index in [2.05, 4.69) is 26.6 Å². The molecule has 9 heteroatoms. The van der Waals surface area contributed by atoms with Crippen LogP contribution in [-0.4, -0.2) is 40.6 Å². The van der Waals surface area contributed by atoms with Crippen LogP contribution in [0.5, 0.6) is 11.5 Å². The molecule has 0 saturated heterocycles. The van der Waals surface area contributed by atoms with Crippen molar-refractivity contribution in [3.8, 4) is 11.5 Å². The van der Waals surface area contributed by atoms with Crippen molar-refractivity contribution in [3.63, 3.8) is 0 Å². The number of nitrogens with one attached hydrogen (secondary N) is 2. The fourth-order valence-electron chi connectivity index (χ4n) is 2.35. The van der Waals surface area contributed by atoms with E-state index in [9.17, 15) is 4.79 Å². The number of thiophene rings is 1. The molecule has 27 heavy (non-hydrogen) atoms. The first-order chi connectivity index (χ1) is 13.1. The van der Waals surface area contributed by atoms with E-state index >= 15 is 0 Å². The maximum absolute atomic E-state index is 12.6. The lowest BCUT2D eigenvalue weighted by molar-refractivity contribution is -0.115. The number of ether oxygens (including phenoxy) is 2. The van der Waals surface area contributed by atoms with E-state index < -0.39 is 0 Å². The van der Waals surface area contributed by atoms with Crippen molar-refractivity contribution in [1.29, 1.82) is 0 Å². The number of anilines is 1. The number of carbonyl (C=O) groups is 1. The Kier molecular flexibility index (Phi) is 6.36. The molecule has 2 aromatic heterocycles. The Morgan fingerprint density at radius 3 is 2.89 bits per heavy atom. The molecule has 0 aliphatic rings. The van der Waals surface area contributed by atoms with E-state index in [4.69, 9.17) is 9.47 Å². The molecule has 3 rings (SSSR count). The number of nitrogens with zero attached hydrogens (tertiary/aromatic N) is 2. The smallest absolute Gasteiger partial charge is 0.237 e. The first kappa shape index (κ1) is 19.2. The van der Waals surface area contributed by atoms with Crippen LogP contribution in [0.3, 0.4) is 0 Å². The lowest BCUT2D eigenvalue weighted by Crippen LogP contribution is -2.22. The number of thioether (sulfide) groups is 1. The first-order valence-electron chi connectivity index (χ1n) is 8.22. The molecule has 142 valence electrons. The summed E-state index contributed by atoms with van der Waals surface area (Å²) in [6.45, 7) is 1.81. The molecule has 0 fully saturated rings. The normalized spacial score (nSPS) is 11.8. The number of hydrogen-bond donors (Lipinski definition) is 2. The molecular formula is C18H20N4O3S2. The standard InChI is InChI=1S/C18H20N4O3S2/c1-11(17(23)19-14-9-12(24-2)6-7-15(14)25-3)27-18-20-16(21-22-18)10-13-5-4-8-26-13/h4-9,11H,10H2,1-3H3,(H,19,23)(H,20,21,22). The van der Waals surface area contributed by atoms with Gasteiger partial charge in [-0.05, 0) is 30.5 Å². The number of amides is 1. The summed E-state index contributed by atoms with van der Waals surface area (Å²) < 4.78 is 10.5. The Bertz CT molecular complexity index is 896. The van der Waals surface area contributed by atoms with Crippen LogP contribution < -0.4 is 14.8 Å². The van der Waals surface area contributed by atoms with Crippen LogP contribution in [0.15, 0.2) is 40.9 Å². The van der Waals surface area contributed by atoms with Gasteiger partial charge in [-0.15, -0.1) is 16.4 Å². The van der Waals surface area contributed by atoms with Gasteiger partial charge in [-0.2, -0.15) is 0 Å². The SMILES string of the molecule is COc1ccc(OC)c(NC(=O)C(C)Sc2n[nH]c(Cc3cccs3)n2)c1. The van der Waals surface area contributed by atoms with Gasteiger partial charge in [0.05, 0.1) is 25.2 Å². The fraction of sp³-hybridized carbons (Fsp3) is 0.278. The molecule has 1 unspecified atom stereocenters. The minimum absolute atomic E-state index is 0.170. The molecular weight excluding hydrogens is 384 g/mol. The zero-order valence-corrected chi connectivity index (χ0v) is 16.8. The van der Waals surface area contributed by atoms with Gasteiger partial charge in [0.1, 0.15) is 17.3 Å². The predicted molar refractivity (Wildman–Crippen MR) is 107 cm³/mol. The van der Waals surface area contributed by atoms with Crippen LogP contribution in [0.2, 0.25) is 0 Å². The van der Waals surface area contributed by atoms with Crippen LogP contribution in [0.25, 0.3) is 0 Å². The maximum atomic E-state index is 12.6. The fourth-order valence-corrected chi connectivity index (χ4v) is 3.80. The van der Waals surface area contributed by atoms with Crippen molar-refractivity contribution in [3.05, 3.63) is 46.4 Å². The van der Waals surface area contributed by atoms with Gasteiger partial charge in [-0.1, -0.05) is 17.8 Å². The van der Waals surface area contributed by atoms with Crippen LogP contribution in [0, 0.1) is 0 Å². The highest BCUT2D eigenvalue weighted by Crippen LogP contribution is 2.30. The summed E-state index contributed by atoms with van der Waals surface area (Å²) in [7, 11) is 3.13. The summed E-state index contributed by atoms with van der Waals surface area (Å²) in [5, 5.41) is 12.2. The van der Waals surface area contributed by atoms with Crippen LogP contribution >= 0.6 is 23.1 Å². The second-order valence-corrected chi connectivity index (χ2v) is 7.98. The molecule has 1 atom stereocenters. The molecule has 1 aromatic carbocycles. The Labute approximate surface area is 165 Å². The number of benzene rings is 1. The van der Waals surface area contributed by atoms with Gasteiger partial charge < -0.3 is 14.8 Å². The lowest BCUT2D eigenvalue weighted by Gasteiger charge is -2.14. The average Bonchev–Trinajstić information content (AvgIpc) is 3.34. The number of aromatic nitrogens is 3. The third-order valence-corrected chi connectivity index (χ3v) is 5.59. The number of methoxy groups -OCH3 is 2. The van der Waals surface area contributed by atoms with Gasteiger partial charge in [-0.25, -0.2) is 4.98 Å². The maximum Gasteiger partial charge on any atom is 0.237 e. The summed E-state index contributed by atoms with van der Waals surface area (Å²) in [5.41, 5.74) is 0.558. The number of hydrogen-bond acceptors (Lipinski definition) is 7.